The lowest BCUT2D eigenvalue weighted by atomic mass is 10.0. The quantitative estimate of drug-likeness (QED) is 0.666. The van der Waals surface area contributed by atoms with Gasteiger partial charge in [0.25, 0.3) is 5.91 Å². The number of nitrogens with two attached hydrogens (primary N) is 1. The van der Waals surface area contributed by atoms with Crippen LogP contribution in [0.3, 0.4) is 0 Å². The molecule has 8 heteroatoms. The highest BCUT2D eigenvalue weighted by molar-refractivity contribution is 5.91. The lowest BCUT2D eigenvalue weighted by molar-refractivity contribution is -0.137. The second-order valence-corrected chi connectivity index (χ2v) is 5.53. The lowest BCUT2D eigenvalue weighted by Crippen LogP contribution is -2.14. The van der Waals surface area contributed by atoms with Gasteiger partial charge in [0.1, 0.15) is 23.0 Å². The van der Waals surface area contributed by atoms with Crippen molar-refractivity contribution in [2.75, 3.05) is 0 Å². The largest absolute Gasteiger partial charge is 0.457 e. The standard InChI is InChI=1S/C19H12F4N2O2/c20-11-4-6-12(7-5-11)27-13-8-9-14(15(10-13)19(21,22)23)16-2-1-3-17(25-16)18(24)26/h1-10H,(H2,24,26). The summed E-state index contributed by atoms with van der Waals surface area (Å²) < 4.78 is 58.9. The number of carbonyl (C=O) groups excluding carboxylic acids is 1. The van der Waals surface area contributed by atoms with Crippen molar-refractivity contribution in [1.82, 2.24) is 4.98 Å². The maximum absolute atomic E-state index is 13.5. The summed E-state index contributed by atoms with van der Waals surface area (Å²) in [7, 11) is 0. The Hall–Kier alpha value is -3.42. The number of amides is 1. The molecule has 0 aliphatic heterocycles. The molecule has 2 aromatic carbocycles. The van der Waals surface area contributed by atoms with E-state index in [0.717, 1.165) is 18.2 Å². The molecule has 138 valence electrons. The Morgan fingerprint density at radius 2 is 1.63 bits per heavy atom. The van der Waals surface area contributed by atoms with Gasteiger partial charge in [0.2, 0.25) is 0 Å². The van der Waals surface area contributed by atoms with Gasteiger partial charge in [-0.15, -0.1) is 0 Å². The van der Waals surface area contributed by atoms with E-state index >= 15 is 0 Å². The predicted octanol–water partition coefficient (Wildman–Crippen LogP) is 4.80. The summed E-state index contributed by atoms with van der Waals surface area (Å²) in [6, 6.07) is 12.2. The van der Waals surface area contributed by atoms with Crippen LogP contribution in [0, 0.1) is 5.82 Å². The second kappa shape index (κ2) is 7.06. The van der Waals surface area contributed by atoms with Gasteiger partial charge >= 0.3 is 6.18 Å². The number of carbonyl (C=O) groups is 1. The summed E-state index contributed by atoms with van der Waals surface area (Å²) in [5.74, 6) is -1.23. The van der Waals surface area contributed by atoms with Crippen LogP contribution in [0.4, 0.5) is 17.6 Å². The molecule has 0 unspecified atom stereocenters. The van der Waals surface area contributed by atoms with E-state index in [9.17, 15) is 22.4 Å². The van der Waals surface area contributed by atoms with Gasteiger partial charge in [-0.2, -0.15) is 13.2 Å². The molecule has 27 heavy (non-hydrogen) atoms. The van der Waals surface area contributed by atoms with Crippen molar-refractivity contribution in [2.45, 2.75) is 6.18 Å². The molecule has 1 heterocycles. The molecule has 0 spiro atoms. The predicted molar refractivity (Wildman–Crippen MR) is 89.7 cm³/mol. The number of aromatic nitrogens is 1. The van der Waals surface area contributed by atoms with E-state index in [0.29, 0.717) is 0 Å². The zero-order chi connectivity index (χ0) is 19.6. The molecular formula is C19H12F4N2O2. The van der Waals surface area contributed by atoms with Gasteiger partial charge in [-0.25, -0.2) is 9.37 Å². The molecule has 4 nitrogen and oxygen atoms in total. The minimum atomic E-state index is -4.69. The zero-order valence-electron chi connectivity index (χ0n) is 13.6. The summed E-state index contributed by atoms with van der Waals surface area (Å²) in [5.41, 5.74) is 3.73. The highest BCUT2D eigenvalue weighted by atomic mass is 19.4. The van der Waals surface area contributed by atoms with Gasteiger partial charge in [-0.3, -0.25) is 4.79 Å². The maximum atomic E-state index is 13.5. The van der Waals surface area contributed by atoms with E-state index in [1.54, 1.807) is 0 Å². The highest BCUT2D eigenvalue weighted by Gasteiger charge is 2.34. The normalized spacial score (nSPS) is 11.3. The minimum absolute atomic E-state index is 0.0491. The van der Waals surface area contributed by atoms with Crippen LogP contribution in [-0.2, 0) is 6.18 Å². The Morgan fingerprint density at radius 3 is 2.26 bits per heavy atom. The zero-order valence-corrected chi connectivity index (χ0v) is 13.6. The van der Waals surface area contributed by atoms with E-state index in [1.165, 1.54) is 42.5 Å². The molecule has 3 aromatic rings. The summed E-state index contributed by atoms with van der Waals surface area (Å²) in [6.45, 7) is 0. The number of hydrogen-bond donors (Lipinski definition) is 1. The number of pyridine rings is 1. The van der Waals surface area contributed by atoms with Gasteiger partial charge in [-0.05, 0) is 54.6 Å². The van der Waals surface area contributed by atoms with Crippen LogP contribution in [-0.4, -0.2) is 10.9 Å². The number of alkyl halides is 3. The average Bonchev–Trinajstić information content (AvgIpc) is 2.63. The number of halogens is 4. The maximum Gasteiger partial charge on any atom is 0.417 e. The van der Waals surface area contributed by atoms with Crippen molar-refractivity contribution in [3.8, 4) is 22.8 Å². The summed E-state index contributed by atoms with van der Waals surface area (Å²) in [5, 5.41) is 0. The van der Waals surface area contributed by atoms with E-state index < -0.39 is 23.5 Å². The molecule has 0 atom stereocenters. The highest BCUT2D eigenvalue weighted by Crippen LogP contribution is 2.39. The fourth-order valence-electron chi connectivity index (χ4n) is 2.41. The molecular weight excluding hydrogens is 364 g/mol. The molecule has 2 N–H and O–H groups in total. The fourth-order valence-corrected chi connectivity index (χ4v) is 2.41. The molecule has 0 saturated heterocycles. The third kappa shape index (κ3) is 4.22. The second-order valence-electron chi connectivity index (χ2n) is 5.53. The fraction of sp³-hybridized carbons (Fsp3) is 0.0526. The first-order valence-electron chi connectivity index (χ1n) is 7.66. The van der Waals surface area contributed by atoms with Crippen LogP contribution in [0.1, 0.15) is 16.1 Å². The smallest absolute Gasteiger partial charge is 0.417 e. The monoisotopic (exact) mass is 376 g/mol. The van der Waals surface area contributed by atoms with Gasteiger partial charge < -0.3 is 10.5 Å². The molecule has 1 aromatic heterocycles. The number of nitrogens with zero attached hydrogens (tertiary/aromatic N) is 1. The van der Waals surface area contributed by atoms with Gasteiger partial charge in [0.05, 0.1) is 11.3 Å². The van der Waals surface area contributed by atoms with E-state index in [-0.39, 0.29) is 28.5 Å². The Labute approximate surface area is 151 Å². The Kier molecular flexibility index (Phi) is 4.81. The van der Waals surface area contributed by atoms with Crippen molar-refractivity contribution in [3.05, 3.63) is 77.7 Å². The number of hydrogen-bond acceptors (Lipinski definition) is 3. The Morgan fingerprint density at radius 1 is 0.963 bits per heavy atom. The summed E-state index contributed by atoms with van der Waals surface area (Å²) in [6.07, 6.45) is -4.69. The first-order valence-corrected chi connectivity index (χ1v) is 7.66. The van der Waals surface area contributed by atoms with E-state index in [2.05, 4.69) is 4.98 Å². The molecule has 0 fully saturated rings. The van der Waals surface area contributed by atoms with Gasteiger partial charge in [0.15, 0.2) is 0 Å². The van der Waals surface area contributed by atoms with Crippen LogP contribution in [0.2, 0.25) is 0 Å². The SMILES string of the molecule is NC(=O)c1cccc(-c2ccc(Oc3ccc(F)cc3)cc2C(F)(F)F)n1. The van der Waals surface area contributed by atoms with Crippen molar-refractivity contribution in [3.63, 3.8) is 0 Å². The Bertz CT molecular complexity index is 986. The number of rotatable bonds is 4. The van der Waals surface area contributed by atoms with Crippen LogP contribution < -0.4 is 10.5 Å². The van der Waals surface area contributed by atoms with Crippen LogP contribution in [0.5, 0.6) is 11.5 Å². The topological polar surface area (TPSA) is 65.2 Å². The molecule has 0 saturated carbocycles. The molecule has 0 aliphatic carbocycles. The van der Waals surface area contributed by atoms with E-state index in [4.69, 9.17) is 10.5 Å². The first-order chi connectivity index (χ1) is 12.7. The molecule has 1 amide bonds. The van der Waals surface area contributed by atoms with Gasteiger partial charge in [0, 0.05) is 5.56 Å². The molecule has 0 bridgehead atoms. The van der Waals surface area contributed by atoms with E-state index in [1.807, 2.05) is 0 Å². The molecule has 0 radical (unpaired) electrons. The average molecular weight is 376 g/mol. The van der Waals surface area contributed by atoms with Crippen LogP contribution in [0.15, 0.2) is 60.7 Å². The van der Waals surface area contributed by atoms with Crippen LogP contribution >= 0.6 is 0 Å². The minimum Gasteiger partial charge on any atom is -0.457 e. The van der Waals surface area contributed by atoms with Crippen molar-refractivity contribution in [1.29, 1.82) is 0 Å². The summed E-state index contributed by atoms with van der Waals surface area (Å²) >= 11 is 0. The first kappa shape index (κ1) is 18.4. The summed E-state index contributed by atoms with van der Waals surface area (Å²) in [4.78, 5) is 15.1. The molecule has 0 aliphatic rings. The van der Waals surface area contributed by atoms with Crippen molar-refractivity contribution >= 4 is 5.91 Å². The lowest BCUT2D eigenvalue weighted by Gasteiger charge is -2.15. The Balaban J connectivity index is 2.04. The molecule has 3 rings (SSSR count). The van der Waals surface area contributed by atoms with Crippen molar-refractivity contribution < 1.29 is 27.1 Å². The van der Waals surface area contributed by atoms with Crippen molar-refractivity contribution in [2.24, 2.45) is 5.73 Å². The number of benzene rings is 2. The van der Waals surface area contributed by atoms with Crippen LogP contribution in [0.25, 0.3) is 11.3 Å². The third-order valence-corrected chi connectivity index (χ3v) is 3.62. The number of primary amides is 1. The van der Waals surface area contributed by atoms with Gasteiger partial charge in [-0.1, -0.05) is 6.07 Å². The number of ether oxygens (including phenoxy) is 1. The third-order valence-electron chi connectivity index (χ3n) is 3.62.